The van der Waals surface area contributed by atoms with E-state index >= 15 is 0 Å². The Balaban J connectivity index is 1.37. The molecule has 1 atom stereocenters. The van der Waals surface area contributed by atoms with Gasteiger partial charge in [0.2, 0.25) is 5.91 Å². The summed E-state index contributed by atoms with van der Waals surface area (Å²) in [5.41, 5.74) is 0. The molecular formula is C20H33N5O. The van der Waals surface area contributed by atoms with Gasteiger partial charge in [-0.2, -0.15) is 0 Å². The van der Waals surface area contributed by atoms with Crippen LogP contribution in [0.1, 0.15) is 69.4 Å². The van der Waals surface area contributed by atoms with Gasteiger partial charge >= 0.3 is 0 Å². The lowest BCUT2D eigenvalue weighted by atomic mass is 9.96. The standard InChI is InChI=1S/C20H33N5O/c1-16-8-12-24(13-9-16)19(26)15-23-10-5-6-17(14-23)20-22-21-18-7-3-2-4-11-25(18)20/h16-17H,2-15H2,1H3. The van der Waals surface area contributed by atoms with Crippen LogP contribution in [0.15, 0.2) is 0 Å². The minimum Gasteiger partial charge on any atom is -0.342 e. The lowest BCUT2D eigenvalue weighted by Crippen LogP contribution is -2.46. The fraction of sp³-hybridized carbons (Fsp3) is 0.850. The van der Waals surface area contributed by atoms with Gasteiger partial charge in [-0.25, -0.2) is 0 Å². The van der Waals surface area contributed by atoms with Crippen LogP contribution in [0.2, 0.25) is 0 Å². The van der Waals surface area contributed by atoms with Crippen LogP contribution >= 0.6 is 0 Å². The summed E-state index contributed by atoms with van der Waals surface area (Å²) in [7, 11) is 0. The van der Waals surface area contributed by atoms with E-state index in [0.29, 0.717) is 18.4 Å². The minimum atomic E-state index is 0.317. The molecule has 4 heterocycles. The SMILES string of the molecule is CC1CCN(C(=O)CN2CCCC(c3nnc4n3CCCCC4)C2)CC1. The number of fused-ring (bicyclic) bond motifs is 1. The number of amides is 1. The maximum Gasteiger partial charge on any atom is 0.236 e. The zero-order valence-electron chi connectivity index (χ0n) is 16.2. The number of hydrogen-bond acceptors (Lipinski definition) is 4. The van der Waals surface area contributed by atoms with Crippen LogP contribution < -0.4 is 0 Å². The average molecular weight is 360 g/mol. The van der Waals surface area contributed by atoms with Crippen LogP contribution in [0.3, 0.4) is 0 Å². The van der Waals surface area contributed by atoms with Crippen molar-refractivity contribution < 1.29 is 4.79 Å². The van der Waals surface area contributed by atoms with E-state index in [1.54, 1.807) is 0 Å². The van der Waals surface area contributed by atoms with Gasteiger partial charge in [0.25, 0.3) is 0 Å². The van der Waals surface area contributed by atoms with Gasteiger partial charge in [0.15, 0.2) is 0 Å². The summed E-state index contributed by atoms with van der Waals surface area (Å²) in [5.74, 6) is 3.86. The van der Waals surface area contributed by atoms with E-state index in [4.69, 9.17) is 0 Å². The molecule has 1 amide bonds. The molecule has 6 nitrogen and oxygen atoms in total. The molecule has 1 unspecified atom stereocenters. The van der Waals surface area contributed by atoms with Gasteiger partial charge in [-0.05, 0) is 51.0 Å². The number of nitrogens with zero attached hydrogens (tertiary/aromatic N) is 5. The second kappa shape index (κ2) is 8.07. The molecule has 6 heteroatoms. The summed E-state index contributed by atoms with van der Waals surface area (Å²) in [4.78, 5) is 17.1. The van der Waals surface area contributed by atoms with E-state index in [1.807, 2.05) is 0 Å². The molecule has 0 N–H and O–H groups in total. The number of likely N-dealkylation sites (tertiary alicyclic amines) is 2. The maximum atomic E-state index is 12.7. The zero-order valence-corrected chi connectivity index (χ0v) is 16.2. The highest BCUT2D eigenvalue weighted by Gasteiger charge is 2.29. The molecule has 0 saturated carbocycles. The number of carbonyl (C=O) groups is 1. The van der Waals surface area contributed by atoms with Crippen LogP contribution in [0.4, 0.5) is 0 Å². The van der Waals surface area contributed by atoms with Crippen molar-refractivity contribution in [2.24, 2.45) is 5.92 Å². The summed E-state index contributed by atoms with van der Waals surface area (Å²) >= 11 is 0. The second-order valence-corrected chi connectivity index (χ2v) is 8.57. The van der Waals surface area contributed by atoms with Crippen molar-refractivity contribution in [2.45, 2.75) is 70.8 Å². The summed E-state index contributed by atoms with van der Waals surface area (Å²) in [6.45, 7) is 7.80. The number of aryl methyl sites for hydroxylation is 1. The van der Waals surface area contributed by atoms with E-state index in [0.717, 1.165) is 64.3 Å². The Morgan fingerprint density at radius 2 is 1.85 bits per heavy atom. The quantitative estimate of drug-likeness (QED) is 0.832. The third kappa shape index (κ3) is 3.95. The molecule has 2 fully saturated rings. The monoisotopic (exact) mass is 359 g/mol. The molecule has 1 aromatic rings. The van der Waals surface area contributed by atoms with E-state index in [2.05, 4.69) is 31.5 Å². The number of piperidine rings is 2. The molecule has 3 aliphatic heterocycles. The van der Waals surface area contributed by atoms with Crippen molar-refractivity contribution in [3.63, 3.8) is 0 Å². The molecule has 0 bridgehead atoms. The molecule has 0 aliphatic carbocycles. The first-order valence-electron chi connectivity index (χ1n) is 10.6. The predicted molar refractivity (Wildman–Crippen MR) is 101 cm³/mol. The lowest BCUT2D eigenvalue weighted by molar-refractivity contribution is -0.134. The van der Waals surface area contributed by atoms with Crippen molar-refractivity contribution in [3.05, 3.63) is 11.6 Å². The molecule has 144 valence electrons. The van der Waals surface area contributed by atoms with E-state index in [1.165, 1.54) is 37.3 Å². The van der Waals surface area contributed by atoms with Gasteiger partial charge in [-0.15, -0.1) is 10.2 Å². The van der Waals surface area contributed by atoms with Crippen molar-refractivity contribution >= 4 is 5.91 Å². The van der Waals surface area contributed by atoms with Crippen molar-refractivity contribution in [1.29, 1.82) is 0 Å². The lowest BCUT2D eigenvalue weighted by Gasteiger charge is -2.35. The first-order chi connectivity index (χ1) is 12.7. The Morgan fingerprint density at radius 3 is 2.69 bits per heavy atom. The zero-order chi connectivity index (χ0) is 17.9. The van der Waals surface area contributed by atoms with Crippen molar-refractivity contribution in [1.82, 2.24) is 24.6 Å². The van der Waals surface area contributed by atoms with Gasteiger partial charge in [0.05, 0.1) is 6.54 Å². The second-order valence-electron chi connectivity index (χ2n) is 8.57. The third-order valence-electron chi connectivity index (χ3n) is 6.50. The predicted octanol–water partition coefficient (Wildman–Crippen LogP) is 2.44. The summed E-state index contributed by atoms with van der Waals surface area (Å²) in [6, 6.07) is 0. The first kappa shape index (κ1) is 18.0. The van der Waals surface area contributed by atoms with Gasteiger partial charge in [-0.3, -0.25) is 9.69 Å². The highest BCUT2D eigenvalue weighted by Crippen LogP contribution is 2.28. The smallest absolute Gasteiger partial charge is 0.236 e. The largest absolute Gasteiger partial charge is 0.342 e. The van der Waals surface area contributed by atoms with Crippen molar-refractivity contribution in [2.75, 3.05) is 32.7 Å². The Labute approximate surface area is 156 Å². The fourth-order valence-corrected chi connectivity index (χ4v) is 4.77. The molecule has 0 aromatic carbocycles. The summed E-state index contributed by atoms with van der Waals surface area (Å²) in [6.07, 6.45) is 9.46. The van der Waals surface area contributed by atoms with Crippen LogP contribution in [0.5, 0.6) is 0 Å². The highest BCUT2D eigenvalue weighted by atomic mass is 16.2. The Kier molecular flexibility index (Phi) is 5.57. The number of hydrogen-bond donors (Lipinski definition) is 0. The van der Waals surface area contributed by atoms with Crippen molar-refractivity contribution in [3.8, 4) is 0 Å². The Bertz CT molecular complexity index is 620. The van der Waals surface area contributed by atoms with Crippen LogP contribution in [-0.2, 0) is 17.8 Å². The Morgan fingerprint density at radius 1 is 1.00 bits per heavy atom. The summed E-state index contributed by atoms with van der Waals surface area (Å²) in [5, 5.41) is 9.04. The molecule has 0 radical (unpaired) electrons. The van der Waals surface area contributed by atoms with Crippen LogP contribution in [-0.4, -0.2) is 63.2 Å². The van der Waals surface area contributed by atoms with E-state index in [9.17, 15) is 4.79 Å². The topological polar surface area (TPSA) is 54.3 Å². The molecule has 3 aliphatic rings. The molecule has 2 saturated heterocycles. The van der Waals surface area contributed by atoms with Gasteiger partial charge in [0, 0.05) is 38.5 Å². The molecule has 1 aromatic heterocycles. The van der Waals surface area contributed by atoms with E-state index in [-0.39, 0.29) is 0 Å². The number of rotatable bonds is 3. The number of carbonyl (C=O) groups excluding carboxylic acids is 1. The maximum absolute atomic E-state index is 12.7. The third-order valence-corrected chi connectivity index (χ3v) is 6.50. The molecule has 26 heavy (non-hydrogen) atoms. The number of aromatic nitrogens is 3. The Hall–Kier alpha value is -1.43. The van der Waals surface area contributed by atoms with Gasteiger partial charge in [-0.1, -0.05) is 13.3 Å². The highest BCUT2D eigenvalue weighted by molar-refractivity contribution is 5.78. The fourth-order valence-electron chi connectivity index (χ4n) is 4.77. The molecule has 4 rings (SSSR count). The van der Waals surface area contributed by atoms with E-state index < -0.39 is 0 Å². The normalized spacial score (nSPS) is 25.7. The van der Waals surface area contributed by atoms with Gasteiger partial charge in [0.1, 0.15) is 11.6 Å². The van der Waals surface area contributed by atoms with Crippen LogP contribution in [0, 0.1) is 5.92 Å². The van der Waals surface area contributed by atoms with Crippen LogP contribution in [0.25, 0.3) is 0 Å². The van der Waals surface area contributed by atoms with Gasteiger partial charge < -0.3 is 9.47 Å². The average Bonchev–Trinajstić information content (AvgIpc) is 2.91. The summed E-state index contributed by atoms with van der Waals surface area (Å²) < 4.78 is 2.38. The molecular weight excluding hydrogens is 326 g/mol. The molecule has 0 spiro atoms. The first-order valence-corrected chi connectivity index (χ1v) is 10.6. The minimum absolute atomic E-state index is 0.317.